The molecule has 0 saturated carbocycles. The summed E-state index contributed by atoms with van der Waals surface area (Å²) in [5.74, 6) is -1.45. The number of amides is 1. The lowest BCUT2D eigenvalue weighted by Crippen LogP contribution is -2.38. The minimum Gasteiger partial charge on any atom is -0.490 e. The number of benzene rings is 2. The zero-order valence-corrected chi connectivity index (χ0v) is 21.0. The third-order valence-electron chi connectivity index (χ3n) is 5.88. The Morgan fingerprint density at radius 1 is 1.16 bits per heavy atom. The number of carbonyl (C=O) groups is 2. The smallest absolute Gasteiger partial charge is 0.412 e. The molecule has 0 aliphatic carbocycles. The van der Waals surface area contributed by atoms with E-state index in [0.29, 0.717) is 25.3 Å². The van der Waals surface area contributed by atoms with E-state index in [1.807, 2.05) is 0 Å². The second kappa shape index (κ2) is 10.7. The first-order valence-electron chi connectivity index (χ1n) is 11.3. The Morgan fingerprint density at radius 2 is 1.84 bits per heavy atom. The molecule has 0 unspecified atom stereocenters. The van der Waals surface area contributed by atoms with Crippen molar-refractivity contribution in [2.45, 2.75) is 0 Å². The fraction of sp³-hybridized carbons (Fsp3) is 0.333. The van der Waals surface area contributed by atoms with E-state index in [9.17, 15) is 22.4 Å². The fourth-order valence-corrected chi connectivity index (χ4v) is 4.41. The molecule has 1 aliphatic heterocycles. The number of sulfonamides is 1. The van der Waals surface area contributed by atoms with Gasteiger partial charge in [-0.15, -0.1) is 0 Å². The van der Waals surface area contributed by atoms with Gasteiger partial charge in [0.25, 0.3) is 0 Å². The second-order valence-electron chi connectivity index (χ2n) is 8.37. The van der Waals surface area contributed by atoms with Crippen LogP contribution in [0.3, 0.4) is 0 Å². The van der Waals surface area contributed by atoms with Gasteiger partial charge in [-0.05, 0) is 30.3 Å². The lowest BCUT2D eigenvalue weighted by molar-refractivity contribution is 0.0323. The van der Waals surface area contributed by atoms with Gasteiger partial charge in [0.1, 0.15) is 35.1 Å². The van der Waals surface area contributed by atoms with Crippen LogP contribution in [-0.4, -0.2) is 78.1 Å². The van der Waals surface area contributed by atoms with E-state index in [2.05, 4.69) is 9.64 Å². The molecule has 0 bridgehead atoms. The summed E-state index contributed by atoms with van der Waals surface area (Å²) in [4.78, 5) is 26.4. The van der Waals surface area contributed by atoms with Crippen molar-refractivity contribution in [3.63, 3.8) is 0 Å². The lowest BCUT2D eigenvalue weighted by atomic mass is 10.0. The van der Waals surface area contributed by atoms with Crippen LogP contribution in [-0.2, 0) is 19.5 Å². The van der Waals surface area contributed by atoms with Gasteiger partial charge in [0.2, 0.25) is 10.0 Å². The summed E-state index contributed by atoms with van der Waals surface area (Å²) in [6.45, 7) is 3.49. The molecule has 1 amide bonds. The summed E-state index contributed by atoms with van der Waals surface area (Å²) in [6, 6.07) is 7.98. The molecule has 1 fully saturated rings. The van der Waals surface area contributed by atoms with E-state index in [1.165, 1.54) is 43.4 Å². The predicted octanol–water partition coefficient (Wildman–Crippen LogP) is 2.58. The molecule has 1 saturated heterocycles. The summed E-state index contributed by atoms with van der Waals surface area (Å²) in [7, 11) is -2.34. The quantitative estimate of drug-likeness (QED) is 0.340. The number of hydrogen-bond acceptors (Lipinski definition) is 9. The van der Waals surface area contributed by atoms with Crippen LogP contribution < -0.4 is 14.8 Å². The first-order valence-corrected chi connectivity index (χ1v) is 13.1. The average Bonchev–Trinajstić information content (AvgIpc) is 3.21. The Morgan fingerprint density at radius 3 is 2.46 bits per heavy atom. The highest BCUT2D eigenvalue weighted by atomic mass is 32.2. The maximum atomic E-state index is 13.5. The van der Waals surface area contributed by atoms with Crippen molar-refractivity contribution in [1.29, 1.82) is 0 Å². The molecule has 2 aromatic carbocycles. The number of furan rings is 1. The minimum atomic E-state index is -3.69. The predicted molar refractivity (Wildman–Crippen MR) is 133 cm³/mol. The van der Waals surface area contributed by atoms with Crippen LogP contribution in [0.25, 0.3) is 22.3 Å². The first-order chi connectivity index (χ1) is 17.5. The van der Waals surface area contributed by atoms with Gasteiger partial charge in [-0.25, -0.2) is 22.4 Å². The minimum absolute atomic E-state index is 0.0142. The van der Waals surface area contributed by atoms with E-state index >= 15 is 0 Å². The third kappa shape index (κ3) is 6.01. The highest BCUT2D eigenvalue weighted by molar-refractivity contribution is 7.92. The van der Waals surface area contributed by atoms with Crippen molar-refractivity contribution < 1.29 is 41.0 Å². The molecule has 2 N–H and O–H groups in total. The van der Waals surface area contributed by atoms with Crippen LogP contribution in [0.1, 0.15) is 10.4 Å². The molecule has 1 aliphatic rings. The Labute approximate surface area is 212 Å². The number of esters is 1. The van der Waals surface area contributed by atoms with E-state index in [-0.39, 0.29) is 40.3 Å². The van der Waals surface area contributed by atoms with Crippen LogP contribution >= 0.6 is 0 Å². The number of fused-ring (bicyclic) bond motifs is 1. The number of morpholine rings is 1. The lowest BCUT2D eigenvalue weighted by Gasteiger charge is -2.27. The van der Waals surface area contributed by atoms with Crippen LogP contribution in [0.15, 0.2) is 40.8 Å². The van der Waals surface area contributed by atoms with Crippen molar-refractivity contribution in [2.24, 2.45) is 5.73 Å². The molecule has 0 atom stereocenters. The van der Waals surface area contributed by atoms with Crippen LogP contribution in [0.5, 0.6) is 5.75 Å². The normalized spacial score (nSPS) is 14.5. The Bertz CT molecular complexity index is 1420. The highest BCUT2D eigenvalue weighted by Gasteiger charge is 2.28. The third-order valence-corrected chi connectivity index (χ3v) is 7.07. The number of nitrogens with two attached hydrogens (primary N) is 1. The molecule has 37 heavy (non-hydrogen) atoms. The monoisotopic (exact) mass is 535 g/mol. The molecule has 0 radical (unpaired) electrons. The van der Waals surface area contributed by atoms with E-state index < -0.39 is 27.9 Å². The van der Waals surface area contributed by atoms with Crippen molar-refractivity contribution in [2.75, 3.05) is 57.1 Å². The van der Waals surface area contributed by atoms with Crippen molar-refractivity contribution in [1.82, 2.24) is 4.90 Å². The van der Waals surface area contributed by atoms with Gasteiger partial charge in [-0.1, -0.05) is 0 Å². The molecule has 198 valence electrons. The number of anilines is 1. The van der Waals surface area contributed by atoms with E-state index in [0.717, 1.165) is 23.7 Å². The van der Waals surface area contributed by atoms with Gasteiger partial charge >= 0.3 is 12.1 Å². The zero-order valence-electron chi connectivity index (χ0n) is 20.2. The fourth-order valence-electron chi connectivity index (χ4n) is 3.91. The highest BCUT2D eigenvalue weighted by Crippen LogP contribution is 2.41. The number of nitrogens with zero attached hydrogens (tertiary/aromatic N) is 2. The molecule has 11 nitrogen and oxygen atoms in total. The van der Waals surface area contributed by atoms with Crippen LogP contribution in [0.4, 0.5) is 14.9 Å². The summed E-state index contributed by atoms with van der Waals surface area (Å²) >= 11 is 0. The molecule has 4 rings (SSSR count). The van der Waals surface area contributed by atoms with Crippen LogP contribution in [0.2, 0.25) is 0 Å². The summed E-state index contributed by atoms with van der Waals surface area (Å²) < 4.78 is 61.1. The second-order valence-corrected chi connectivity index (χ2v) is 10.4. The van der Waals surface area contributed by atoms with Gasteiger partial charge in [-0.2, -0.15) is 0 Å². The molecule has 2 heterocycles. The van der Waals surface area contributed by atoms with Crippen molar-refractivity contribution in [3.8, 4) is 17.1 Å². The largest absolute Gasteiger partial charge is 0.490 e. The number of primary amides is 1. The number of halogens is 1. The average molecular weight is 536 g/mol. The molecule has 1 aromatic heterocycles. The maximum absolute atomic E-state index is 13.5. The summed E-state index contributed by atoms with van der Waals surface area (Å²) in [6.07, 6.45) is -0.281. The van der Waals surface area contributed by atoms with Gasteiger partial charge in [0, 0.05) is 43.7 Å². The molecule has 13 heteroatoms. The van der Waals surface area contributed by atoms with Crippen molar-refractivity contribution >= 4 is 38.7 Å². The molecular weight excluding hydrogens is 509 g/mol. The summed E-state index contributed by atoms with van der Waals surface area (Å²) in [5.41, 5.74) is 5.52. The molecule has 3 aromatic rings. The number of carbonyl (C=O) groups excluding carboxylic acids is 2. The van der Waals surface area contributed by atoms with E-state index in [1.54, 1.807) is 0 Å². The molecule has 0 spiro atoms. The van der Waals surface area contributed by atoms with Crippen LogP contribution in [0, 0.1) is 5.82 Å². The first kappa shape index (κ1) is 26.4. The van der Waals surface area contributed by atoms with Gasteiger partial charge in [-0.3, -0.25) is 9.21 Å². The molecular formula is C24H26FN3O8S. The van der Waals surface area contributed by atoms with Gasteiger partial charge < -0.3 is 24.4 Å². The SMILES string of the molecule is CN(c1cc2oc(-c3ccc(F)cc3)c(C(=O)OC(N)=O)c2cc1OCCN1CCOCC1)S(C)(=O)=O. The topological polar surface area (TPSA) is 142 Å². The zero-order chi connectivity index (χ0) is 26.7. The Balaban J connectivity index is 1.82. The van der Waals surface area contributed by atoms with Gasteiger partial charge in [0.15, 0.2) is 0 Å². The summed E-state index contributed by atoms with van der Waals surface area (Å²) in [5, 5.41) is 0.192. The number of rotatable bonds is 8. The van der Waals surface area contributed by atoms with E-state index in [4.69, 9.17) is 19.6 Å². The van der Waals surface area contributed by atoms with Crippen molar-refractivity contribution in [3.05, 3.63) is 47.8 Å². The van der Waals surface area contributed by atoms with Gasteiger partial charge in [0.05, 0.1) is 25.2 Å². The Hall–Kier alpha value is -3.68. The standard InChI is InChI=1S/C24H26FN3O8S/c1-27(37(2,31)32)18-14-19-17(13-20(18)34-12-9-28-7-10-33-11-8-28)21(23(29)36-24(26)30)22(35-19)15-3-5-16(25)6-4-15/h3-6,13-14H,7-12H2,1-2H3,(H2,26,30). The number of hydrogen-bond donors (Lipinski definition) is 1. The maximum Gasteiger partial charge on any atom is 0.412 e. The Kier molecular flexibility index (Phi) is 7.66. The number of ether oxygens (including phenoxy) is 3.